The Morgan fingerprint density at radius 3 is 3.14 bits per heavy atom. The van der Waals surface area contributed by atoms with Gasteiger partial charge in [-0.15, -0.1) is 0 Å². The second kappa shape index (κ2) is 4.84. The van der Waals surface area contributed by atoms with Gasteiger partial charge in [0.1, 0.15) is 11.6 Å². The first-order valence-electron chi connectivity index (χ1n) is 6.89. The molecule has 0 aromatic carbocycles. The van der Waals surface area contributed by atoms with Crippen LogP contribution in [0.3, 0.4) is 0 Å². The molecule has 4 heterocycles. The molecule has 0 saturated carbocycles. The highest BCUT2D eigenvalue weighted by Gasteiger charge is 2.28. The largest absolute Gasteiger partial charge is 0.361 e. The zero-order valence-electron chi connectivity index (χ0n) is 11.5. The summed E-state index contributed by atoms with van der Waals surface area (Å²) in [4.78, 5) is 6.86. The fourth-order valence-electron chi connectivity index (χ4n) is 2.90. The maximum atomic E-state index is 5.30. The average Bonchev–Trinajstić information content (AvgIpc) is 3.18. The molecular formula is C14H14BrN5O. The van der Waals surface area contributed by atoms with Crippen LogP contribution in [0.5, 0.6) is 0 Å². The van der Waals surface area contributed by atoms with Gasteiger partial charge in [0, 0.05) is 36.8 Å². The van der Waals surface area contributed by atoms with Gasteiger partial charge in [-0.25, -0.2) is 4.98 Å². The van der Waals surface area contributed by atoms with Gasteiger partial charge in [0.25, 0.3) is 0 Å². The van der Waals surface area contributed by atoms with Crippen molar-refractivity contribution < 1.29 is 4.52 Å². The Morgan fingerprint density at radius 1 is 1.43 bits per heavy atom. The molecule has 108 valence electrons. The fourth-order valence-corrected chi connectivity index (χ4v) is 3.25. The highest BCUT2D eigenvalue weighted by atomic mass is 79.9. The quantitative estimate of drug-likeness (QED) is 0.713. The topological polar surface area (TPSA) is 59.5 Å². The molecule has 4 rings (SSSR count). The van der Waals surface area contributed by atoms with Gasteiger partial charge in [-0.1, -0.05) is 5.16 Å². The molecule has 1 atom stereocenters. The van der Waals surface area contributed by atoms with Crippen LogP contribution < -0.4 is 4.90 Å². The van der Waals surface area contributed by atoms with Crippen molar-refractivity contribution in [2.75, 3.05) is 18.0 Å². The minimum absolute atomic E-state index is 0.384. The molecule has 3 aromatic heterocycles. The molecule has 1 aliphatic heterocycles. The standard InChI is InChI=1S/C14H14BrN5O/c1-9-6-13(20-14(18-9)11(15)7-16-20)19-5-3-10(8-19)12-2-4-17-21-12/h2,4,6-7,10H,3,5,8H2,1H3. The van der Waals surface area contributed by atoms with Crippen LogP contribution in [0.15, 0.2) is 33.5 Å². The number of aromatic nitrogens is 4. The van der Waals surface area contributed by atoms with Gasteiger partial charge < -0.3 is 9.42 Å². The molecule has 1 unspecified atom stereocenters. The van der Waals surface area contributed by atoms with E-state index in [0.29, 0.717) is 5.92 Å². The summed E-state index contributed by atoms with van der Waals surface area (Å²) in [7, 11) is 0. The number of anilines is 1. The van der Waals surface area contributed by atoms with Crippen molar-refractivity contribution in [3.63, 3.8) is 0 Å². The van der Waals surface area contributed by atoms with E-state index in [1.807, 2.05) is 17.5 Å². The molecule has 1 fully saturated rings. The van der Waals surface area contributed by atoms with Crippen molar-refractivity contribution in [1.29, 1.82) is 0 Å². The van der Waals surface area contributed by atoms with Crippen molar-refractivity contribution in [2.24, 2.45) is 0 Å². The maximum absolute atomic E-state index is 5.30. The minimum atomic E-state index is 0.384. The number of fused-ring (bicyclic) bond motifs is 1. The van der Waals surface area contributed by atoms with Crippen molar-refractivity contribution in [1.82, 2.24) is 19.8 Å². The van der Waals surface area contributed by atoms with Crippen LogP contribution in [-0.4, -0.2) is 32.8 Å². The number of hydrogen-bond donors (Lipinski definition) is 0. The lowest BCUT2D eigenvalue weighted by Crippen LogP contribution is -2.22. The Hall–Kier alpha value is -1.89. The zero-order valence-corrected chi connectivity index (χ0v) is 13.1. The van der Waals surface area contributed by atoms with E-state index in [9.17, 15) is 0 Å². The molecule has 1 aliphatic rings. The van der Waals surface area contributed by atoms with Crippen LogP contribution in [0.1, 0.15) is 23.8 Å². The maximum Gasteiger partial charge on any atom is 0.171 e. The third kappa shape index (κ3) is 2.12. The van der Waals surface area contributed by atoms with E-state index in [1.54, 1.807) is 12.4 Å². The lowest BCUT2D eigenvalue weighted by Gasteiger charge is -2.19. The molecule has 6 nitrogen and oxygen atoms in total. The van der Waals surface area contributed by atoms with Gasteiger partial charge in [0.2, 0.25) is 0 Å². The normalized spacial score (nSPS) is 18.8. The molecule has 0 aliphatic carbocycles. The van der Waals surface area contributed by atoms with Crippen LogP contribution in [0.2, 0.25) is 0 Å². The van der Waals surface area contributed by atoms with E-state index in [1.165, 1.54) is 0 Å². The summed E-state index contributed by atoms with van der Waals surface area (Å²) < 4.78 is 8.10. The fraction of sp³-hybridized carbons (Fsp3) is 0.357. The SMILES string of the molecule is Cc1cc(N2CCC(c3ccno3)C2)n2ncc(Br)c2n1. The molecular weight excluding hydrogens is 334 g/mol. The summed E-state index contributed by atoms with van der Waals surface area (Å²) >= 11 is 3.50. The molecule has 7 heteroatoms. The van der Waals surface area contributed by atoms with Crippen LogP contribution in [0.4, 0.5) is 5.82 Å². The molecule has 0 bridgehead atoms. The highest BCUT2D eigenvalue weighted by Crippen LogP contribution is 2.31. The van der Waals surface area contributed by atoms with Gasteiger partial charge in [-0.3, -0.25) is 0 Å². The van der Waals surface area contributed by atoms with E-state index in [2.05, 4.69) is 42.1 Å². The first-order chi connectivity index (χ1) is 10.2. The zero-order chi connectivity index (χ0) is 14.4. The number of halogens is 1. The minimum Gasteiger partial charge on any atom is -0.361 e. The Balaban J connectivity index is 1.71. The van der Waals surface area contributed by atoms with E-state index in [-0.39, 0.29) is 0 Å². The van der Waals surface area contributed by atoms with Crippen LogP contribution in [-0.2, 0) is 0 Å². The Labute approximate surface area is 129 Å². The van der Waals surface area contributed by atoms with E-state index in [4.69, 9.17) is 4.52 Å². The number of hydrogen-bond acceptors (Lipinski definition) is 5. The van der Waals surface area contributed by atoms with Crippen LogP contribution in [0, 0.1) is 6.92 Å². The van der Waals surface area contributed by atoms with Crippen molar-refractivity contribution in [3.05, 3.63) is 40.5 Å². The summed E-state index contributed by atoms with van der Waals surface area (Å²) in [6.07, 6.45) is 4.55. The van der Waals surface area contributed by atoms with Gasteiger partial charge in [0.05, 0.1) is 16.9 Å². The second-order valence-electron chi connectivity index (χ2n) is 5.33. The first-order valence-corrected chi connectivity index (χ1v) is 7.68. The molecule has 3 aromatic rings. The second-order valence-corrected chi connectivity index (χ2v) is 6.18. The van der Waals surface area contributed by atoms with E-state index >= 15 is 0 Å². The summed E-state index contributed by atoms with van der Waals surface area (Å²) in [5.74, 6) is 2.42. The summed E-state index contributed by atoms with van der Waals surface area (Å²) in [6.45, 7) is 3.89. The molecule has 0 spiro atoms. The average molecular weight is 348 g/mol. The highest BCUT2D eigenvalue weighted by molar-refractivity contribution is 9.10. The van der Waals surface area contributed by atoms with Crippen molar-refractivity contribution in [2.45, 2.75) is 19.3 Å². The molecule has 0 radical (unpaired) electrons. The van der Waals surface area contributed by atoms with E-state index in [0.717, 1.165) is 46.9 Å². The lowest BCUT2D eigenvalue weighted by molar-refractivity contribution is 0.365. The monoisotopic (exact) mass is 347 g/mol. The van der Waals surface area contributed by atoms with E-state index < -0.39 is 0 Å². The van der Waals surface area contributed by atoms with Crippen molar-refractivity contribution in [3.8, 4) is 0 Å². The molecule has 21 heavy (non-hydrogen) atoms. The predicted octanol–water partition coefficient (Wildman–Crippen LogP) is 2.78. The number of rotatable bonds is 2. The van der Waals surface area contributed by atoms with Gasteiger partial charge in [-0.2, -0.15) is 9.61 Å². The third-order valence-corrected chi connectivity index (χ3v) is 4.47. The Kier molecular flexibility index (Phi) is 2.95. The van der Waals surface area contributed by atoms with Gasteiger partial charge in [0.15, 0.2) is 5.65 Å². The molecule has 0 amide bonds. The first kappa shape index (κ1) is 12.8. The number of nitrogens with zero attached hydrogens (tertiary/aromatic N) is 5. The van der Waals surface area contributed by atoms with Gasteiger partial charge >= 0.3 is 0 Å². The summed E-state index contributed by atoms with van der Waals surface area (Å²) in [5, 5.41) is 8.23. The predicted molar refractivity (Wildman–Crippen MR) is 81.5 cm³/mol. The lowest BCUT2D eigenvalue weighted by atomic mass is 10.1. The Bertz CT molecular complexity index is 782. The summed E-state index contributed by atoms with van der Waals surface area (Å²) in [6, 6.07) is 4.03. The van der Waals surface area contributed by atoms with Gasteiger partial charge in [-0.05, 0) is 29.3 Å². The summed E-state index contributed by atoms with van der Waals surface area (Å²) in [5.41, 5.74) is 1.84. The van der Waals surface area contributed by atoms with Crippen LogP contribution in [0.25, 0.3) is 5.65 Å². The number of aryl methyl sites for hydroxylation is 1. The van der Waals surface area contributed by atoms with Crippen LogP contribution >= 0.6 is 15.9 Å². The molecule has 1 saturated heterocycles. The Morgan fingerprint density at radius 2 is 2.33 bits per heavy atom. The third-order valence-electron chi connectivity index (χ3n) is 3.91. The van der Waals surface area contributed by atoms with Crippen molar-refractivity contribution >= 4 is 27.4 Å². The smallest absolute Gasteiger partial charge is 0.171 e. The molecule has 0 N–H and O–H groups in total.